The zero-order valence-corrected chi connectivity index (χ0v) is 7.51. The Morgan fingerprint density at radius 2 is 2.33 bits per heavy atom. The molecule has 0 aliphatic heterocycles. The fourth-order valence-corrected chi connectivity index (χ4v) is 1.10. The summed E-state index contributed by atoms with van der Waals surface area (Å²) in [6.45, 7) is 1.90. The van der Waals surface area contributed by atoms with E-state index in [-0.39, 0.29) is 11.8 Å². The number of thiocarbonyl (C=S) groups is 1. The maximum absolute atomic E-state index is 9.14. The fourth-order valence-electron chi connectivity index (χ4n) is 0.938. The van der Waals surface area contributed by atoms with E-state index in [9.17, 15) is 0 Å². The van der Waals surface area contributed by atoms with Gasteiger partial charge < -0.3 is 5.11 Å². The number of nitrogens with zero attached hydrogens (tertiary/aromatic N) is 1. The zero-order chi connectivity index (χ0) is 8.97. The Morgan fingerprint density at radius 1 is 1.58 bits per heavy atom. The van der Waals surface area contributed by atoms with Gasteiger partial charge in [0.1, 0.15) is 5.75 Å². The Morgan fingerprint density at radius 3 is 2.92 bits per heavy atom. The number of benzene rings is 1. The van der Waals surface area contributed by atoms with Crippen LogP contribution in [0, 0.1) is 0 Å². The van der Waals surface area contributed by atoms with Gasteiger partial charge in [-0.25, -0.2) is 4.99 Å². The summed E-state index contributed by atoms with van der Waals surface area (Å²) >= 11 is 4.48. The lowest BCUT2D eigenvalue weighted by Crippen LogP contribution is -1.87. The first kappa shape index (κ1) is 8.91. The first-order valence-electron chi connectivity index (χ1n) is 3.60. The summed E-state index contributed by atoms with van der Waals surface area (Å²) in [5.41, 5.74) is 0.937. The summed E-state index contributed by atoms with van der Waals surface area (Å²) in [6.07, 6.45) is 0. The van der Waals surface area contributed by atoms with Crippen LogP contribution < -0.4 is 0 Å². The Kier molecular flexibility index (Phi) is 2.97. The first-order valence-corrected chi connectivity index (χ1v) is 4.01. The van der Waals surface area contributed by atoms with Crippen molar-refractivity contribution in [3.63, 3.8) is 0 Å². The van der Waals surface area contributed by atoms with Gasteiger partial charge in [0.2, 0.25) is 0 Å². The van der Waals surface area contributed by atoms with Crippen molar-refractivity contribution in [3.8, 4) is 5.75 Å². The number of phenols is 1. The molecule has 1 rings (SSSR count). The van der Waals surface area contributed by atoms with Crippen molar-refractivity contribution in [1.29, 1.82) is 0 Å². The predicted molar refractivity (Wildman–Crippen MR) is 51.5 cm³/mol. The molecule has 0 saturated heterocycles. The van der Waals surface area contributed by atoms with E-state index < -0.39 is 0 Å². The van der Waals surface area contributed by atoms with Crippen molar-refractivity contribution < 1.29 is 5.11 Å². The van der Waals surface area contributed by atoms with Crippen LogP contribution in [0.3, 0.4) is 0 Å². The molecular weight excluding hydrogens is 170 g/mol. The molecule has 0 bridgehead atoms. The van der Waals surface area contributed by atoms with Gasteiger partial charge in [0.25, 0.3) is 0 Å². The van der Waals surface area contributed by atoms with Gasteiger partial charge in [-0.15, -0.1) is 0 Å². The van der Waals surface area contributed by atoms with E-state index >= 15 is 0 Å². The lowest BCUT2D eigenvalue weighted by molar-refractivity contribution is 0.474. The highest BCUT2D eigenvalue weighted by atomic mass is 32.1. The van der Waals surface area contributed by atoms with Crippen LogP contribution in [0.2, 0.25) is 0 Å². The van der Waals surface area contributed by atoms with Crippen molar-refractivity contribution in [2.75, 3.05) is 0 Å². The lowest BCUT2D eigenvalue weighted by atomic mass is 10.1. The minimum absolute atomic E-state index is 0.0328. The SMILES string of the molecule is CC(N=C=S)c1cccc(O)c1. The molecule has 0 spiro atoms. The minimum atomic E-state index is -0.0328. The van der Waals surface area contributed by atoms with Gasteiger partial charge in [-0.1, -0.05) is 12.1 Å². The summed E-state index contributed by atoms with van der Waals surface area (Å²) in [7, 11) is 0. The minimum Gasteiger partial charge on any atom is -0.508 e. The van der Waals surface area contributed by atoms with Crippen LogP contribution in [0.5, 0.6) is 5.75 Å². The largest absolute Gasteiger partial charge is 0.508 e. The highest BCUT2D eigenvalue weighted by Crippen LogP contribution is 2.19. The van der Waals surface area contributed by atoms with Gasteiger partial charge in [0.05, 0.1) is 11.2 Å². The summed E-state index contributed by atoms with van der Waals surface area (Å²) in [5.74, 6) is 0.249. The van der Waals surface area contributed by atoms with E-state index in [1.54, 1.807) is 18.2 Å². The molecule has 3 heteroatoms. The summed E-state index contributed by atoms with van der Waals surface area (Å²) in [4.78, 5) is 3.89. The van der Waals surface area contributed by atoms with Gasteiger partial charge in [-0.3, -0.25) is 0 Å². The number of hydrogen-bond acceptors (Lipinski definition) is 3. The first-order chi connectivity index (χ1) is 5.74. The van der Waals surface area contributed by atoms with Gasteiger partial charge in [-0.2, -0.15) is 0 Å². The van der Waals surface area contributed by atoms with E-state index in [0.717, 1.165) is 5.56 Å². The second-order valence-electron chi connectivity index (χ2n) is 2.49. The van der Waals surface area contributed by atoms with Crippen LogP contribution in [0.25, 0.3) is 0 Å². The number of aromatic hydroxyl groups is 1. The Hall–Kier alpha value is -1.18. The van der Waals surface area contributed by atoms with E-state index in [1.165, 1.54) is 0 Å². The molecule has 2 nitrogen and oxygen atoms in total. The Balaban J connectivity index is 2.94. The third kappa shape index (κ3) is 2.16. The maximum Gasteiger partial charge on any atom is 0.115 e. The number of rotatable bonds is 2. The smallest absolute Gasteiger partial charge is 0.115 e. The molecule has 0 heterocycles. The molecule has 0 aliphatic carbocycles. The average Bonchev–Trinajstić information content (AvgIpc) is 2.05. The summed E-state index contributed by atoms with van der Waals surface area (Å²) in [6, 6.07) is 6.92. The van der Waals surface area contributed by atoms with Crippen LogP contribution in [-0.2, 0) is 0 Å². The zero-order valence-electron chi connectivity index (χ0n) is 6.69. The van der Waals surface area contributed by atoms with Crippen molar-refractivity contribution in [2.45, 2.75) is 13.0 Å². The highest BCUT2D eigenvalue weighted by molar-refractivity contribution is 7.78. The van der Waals surface area contributed by atoms with Crippen LogP contribution in [-0.4, -0.2) is 10.3 Å². The molecule has 0 saturated carbocycles. The molecule has 0 radical (unpaired) electrons. The van der Waals surface area contributed by atoms with Gasteiger partial charge in [0, 0.05) is 0 Å². The van der Waals surface area contributed by atoms with Gasteiger partial charge in [-0.05, 0) is 36.8 Å². The molecular formula is C9H9NOS. The number of aliphatic imine (C=N–C) groups is 1. The van der Waals surface area contributed by atoms with Crippen molar-refractivity contribution >= 4 is 17.4 Å². The van der Waals surface area contributed by atoms with Gasteiger partial charge >= 0.3 is 0 Å². The molecule has 1 N–H and O–H groups in total. The van der Waals surface area contributed by atoms with Crippen LogP contribution in [0.1, 0.15) is 18.5 Å². The molecule has 12 heavy (non-hydrogen) atoms. The molecule has 1 atom stereocenters. The summed E-state index contributed by atoms with van der Waals surface area (Å²) < 4.78 is 0. The van der Waals surface area contributed by atoms with Crippen molar-refractivity contribution in [1.82, 2.24) is 0 Å². The van der Waals surface area contributed by atoms with E-state index in [0.29, 0.717) is 0 Å². The van der Waals surface area contributed by atoms with Crippen molar-refractivity contribution in [2.24, 2.45) is 4.99 Å². The van der Waals surface area contributed by atoms with E-state index in [1.807, 2.05) is 13.0 Å². The molecule has 0 aromatic heterocycles. The molecule has 1 aromatic carbocycles. The van der Waals surface area contributed by atoms with Crippen LogP contribution in [0.4, 0.5) is 0 Å². The number of phenolic OH excluding ortho intramolecular Hbond substituents is 1. The quantitative estimate of drug-likeness (QED) is 0.559. The molecule has 0 fully saturated rings. The average molecular weight is 179 g/mol. The normalized spacial score (nSPS) is 11.8. The maximum atomic E-state index is 9.14. The number of isothiocyanates is 1. The fraction of sp³-hybridized carbons (Fsp3) is 0.222. The second kappa shape index (κ2) is 4.00. The monoisotopic (exact) mass is 179 g/mol. The topological polar surface area (TPSA) is 32.6 Å². The van der Waals surface area contributed by atoms with Crippen LogP contribution in [0.15, 0.2) is 29.3 Å². The molecule has 1 unspecified atom stereocenters. The summed E-state index contributed by atoms with van der Waals surface area (Å²) in [5, 5.41) is 11.5. The number of hydrogen-bond donors (Lipinski definition) is 1. The van der Waals surface area contributed by atoms with Crippen LogP contribution >= 0.6 is 12.2 Å². The third-order valence-corrected chi connectivity index (χ3v) is 1.70. The van der Waals surface area contributed by atoms with E-state index in [2.05, 4.69) is 22.4 Å². The third-order valence-electron chi connectivity index (χ3n) is 1.60. The molecule has 0 aliphatic rings. The highest BCUT2D eigenvalue weighted by Gasteiger charge is 2.01. The predicted octanol–water partition coefficient (Wildman–Crippen LogP) is 2.56. The molecule has 0 amide bonds. The molecule has 1 aromatic rings. The van der Waals surface area contributed by atoms with Crippen molar-refractivity contribution in [3.05, 3.63) is 29.8 Å². The lowest BCUT2D eigenvalue weighted by Gasteiger charge is -2.03. The molecule has 62 valence electrons. The standard InChI is InChI=1S/C9H9NOS/c1-7(10-6-12)8-3-2-4-9(11)5-8/h2-5,7,11H,1H3. The van der Waals surface area contributed by atoms with E-state index in [4.69, 9.17) is 5.11 Å². The second-order valence-corrected chi connectivity index (χ2v) is 2.67. The Bertz CT molecular complexity index is 318. The Labute approximate surface area is 76.6 Å². The van der Waals surface area contributed by atoms with Gasteiger partial charge in [0.15, 0.2) is 0 Å².